The van der Waals surface area contributed by atoms with Gasteiger partial charge < -0.3 is 21.5 Å². The zero-order valence-electron chi connectivity index (χ0n) is 8.72. The average molecular weight is 215 g/mol. The second-order valence-electron chi connectivity index (χ2n) is 3.81. The molecule has 3 unspecified atom stereocenters. The first-order chi connectivity index (χ1) is 6.97. The second-order valence-corrected chi connectivity index (χ2v) is 3.81. The SMILES string of the molecule is CCC(N)C(=O)N1CC(O)CC1C(N)=O. The molecule has 1 rings (SSSR count). The van der Waals surface area contributed by atoms with Crippen molar-refractivity contribution in [3.8, 4) is 0 Å². The zero-order valence-corrected chi connectivity index (χ0v) is 8.72. The van der Waals surface area contributed by atoms with Crippen molar-refractivity contribution in [1.82, 2.24) is 4.90 Å². The number of hydrogen-bond acceptors (Lipinski definition) is 4. The van der Waals surface area contributed by atoms with Gasteiger partial charge in [-0.05, 0) is 6.42 Å². The number of aliphatic hydroxyl groups excluding tert-OH is 1. The van der Waals surface area contributed by atoms with Crippen molar-refractivity contribution in [2.45, 2.75) is 38.0 Å². The Hall–Kier alpha value is -1.14. The van der Waals surface area contributed by atoms with E-state index in [2.05, 4.69) is 0 Å². The van der Waals surface area contributed by atoms with Crippen LogP contribution in [0.1, 0.15) is 19.8 Å². The summed E-state index contributed by atoms with van der Waals surface area (Å²) in [7, 11) is 0. The number of amides is 2. The van der Waals surface area contributed by atoms with Crippen LogP contribution in [0.3, 0.4) is 0 Å². The lowest BCUT2D eigenvalue weighted by Crippen LogP contribution is -2.50. The molecule has 0 bridgehead atoms. The van der Waals surface area contributed by atoms with Gasteiger partial charge in [0.25, 0.3) is 0 Å². The molecule has 5 N–H and O–H groups in total. The summed E-state index contributed by atoms with van der Waals surface area (Å²) in [4.78, 5) is 24.0. The first-order valence-electron chi connectivity index (χ1n) is 5.00. The summed E-state index contributed by atoms with van der Waals surface area (Å²) in [5.41, 5.74) is 10.7. The van der Waals surface area contributed by atoms with Crippen LogP contribution in [-0.2, 0) is 9.59 Å². The Kier molecular flexibility index (Phi) is 3.65. The molecule has 1 aliphatic rings. The first kappa shape index (κ1) is 11.9. The molecular formula is C9H17N3O3. The van der Waals surface area contributed by atoms with E-state index in [4.69, 9.17) is 11.5 Å². The third-order valence-electron chi connectivity index (χ3n) is 2.65. The Labute approximate surface area is 88.2 Å². The van der Waals surface area contributed by atoms with Gasteiger partial charge >= 0.3 is 0 Å². The molecule has 0 aromatic heterocycles. The van der Waals surface area contributed by atoms with Gasteiger partial charge in [0.15, 0.2) is 0 Å². The highest BCUT2D eigenvalue weighted by Crippen LogP contribution is 2.18. The standard InChI is InChI=1S/C9H17N3O3/c1-2-6(10)9(15)12-4-5(13)3-7(12)8(11)14/h5-7,13H,2-4,10H2,1H3,(H2,11,14). The van der Waals surface area contributed by atoms with Gasteiger partial charge in [-0.25, -0.2) is 0 Å². The largest absolute Gasteiger partial charge is 0.391 e. The minimum Gasteiger partial charge on any atom is -0.391 e. The van der Waals surface area contributed by atoms with Gasteiger partial charge in [0.1, 0.15) is 6.04 Å². The number of nitrogens with two attached hydrogens (primary N) is 2. The van der Waals surface area contributed by atoms with Crippen molar-refractivity contribution < 1.29 is 14.7 Å². The molecule has 6 nitrogen and oxygen atoms in total. The summed E-state index contributed by atoms with van der Waals surface area (Å²) in [6.07, 6.45) is 0.0181. The second kappa shape index (κ2) is 4.59. The van der Waals surface area contributed by atoms with E-state index in [1.807, 2.05) is 0 Å². The molecule has 0 aromatic rings. The fraction of sp³-hybridized carbons (Fsp3) is 0.778. The van der Waals surface area contributed by atoms with Crippen molar-refractivity contribution in [2.75, 3.05) is 6.54 Å². The molecule has 0 aromatic carbocycles. The topological polar surface area (TPSA) is 110 Å². The molecule has 1 heterocycles. The van der Waals surface area contributed by atoms with Gasteiger partial charge in [-0.15, -0.1) is 0 Å². The average Bonchev–Trinajstić information content (AvgIpc) is 2.58. The van der Waals surface area contributed by atoms with E-state index in [9.17, 15) is 14.7 Å². The number of likely N-dealkylation sites (tertiary alicyclic amines) is 1. The van der Waals surface area contributed by atoms with Gasteiger partial charge in [-0.2, -0.15) is 0 Å². The van der Waals surface area contributed by atoms with Crippen LogP contribution in [-0.4, -0.2) is 46.6 Å². The van der Waals surface area contributed by atoms with E-state index in [1.54, 1.807) is 6.92 Å². The van der Waals surface area contributed by atoms with Crippen LogP contribution in [0.5, 0.6) is 0 Å². The minimum absolute atomic E-state index is 0.139. The summed E-state index contributed by atoms with van der Waals surface area (Å²) in [5, 5.41) is 9.38. The fourth-order valence-corrected chi connectivity index (χ4v) is 1.71. The third kappa shape index (κ3) is 2.45. The van der Waals surface area contributed by atoms with Crippen LogP contribution >= 0.6 is 0 Å². The molecule has 0 spiro atoms. The molecule has 0 radical (unpaired) electrons. The summed E-state index contributed by atoms with van der Waals surface area (Å²) in [6.45, 7) is 1.93. The normalized spacial score (nSPS) is 27.8. The van der Waals surface area contributed by atoms with E-state index in [-0.39, 0.29) is 18.9 Å². The van der Waals surface area contributed by atoms with Crippen molar-refractivity contribution in [1.29, 1.82) is 0 Å². The third-order valence-corrected chi connectivity index (χ3v) is 2.65. The van der Waals surface area contributed by atoms with Crippen LogP contribution in [0, 0.1) is 0 Å². The predicted octanol–water partition coefficient (Wildman–Crippen LogP) is -1.83. The van der Waals surface area contributed by atoms with E-state index in [0.29, 0.717) is 6.42 Å². The molecule has 1 aliphatic heterocycles. The van der Waals surface area contributed by atoms with Crippen molar-refractivity contribution in [3.05, 3.63) is 0 Å². The number of carbonyl (C=O) groups excluding carboxylic acids is 2. The molecule has 3 atom stereocenters. The Balaban J connectivity index is 2.75. The quantitative estimate of drug-likeness (QED) is 0.514. The number of primary amides is 1. The molecule has 6 heteroatoms. The molecule has 0 aliphatic carbocycles. The van der Waals surface area contributed by atoms with Gasteiger partial charge in [-0.1, -0.05) is 6.92 Å². The molecule has 0 saturated carbocycles. The maximum absolute atomic E-state index is 11.7. The molecule has 2 amide bonds. The van der Waals surface area contributed by atoms with Crippen LogP contribution in [0.4, 0.5) is 0 Å². The molecule has 1 fully saturated rings. The number of hydrogen-bond donors (Lipinski definition) is 3. The van der Waals surface area contributed by atoms with Crippen LogP contribution < -0.4 is 11.5 Å². The zero-order chi connectivity index (χ0) is 11.6. The Morgan fingerprint density at radius 1 is 1.60 bits per heavy atom. The fourth-order valence-electron chi connectivity index (χ4n) is 1.71. The lowest BCUT2D eigenvalue weighted by atomic mass is 10.1. The number of aliphatic hydroxyl groups is 1. The van der Waals surface area contributed by atoms with Crippen molar-refractivity contribution in [2.24, 2.45) is 11.5 Å². The highest BCUT2D eigenvalue weighted by atomic mass is 16.3. The summed E-state index contributed by atoms with van der Waals surface area (Å²) in [6, 6.07) is -1.35. The predicted molar refractivity (Wildman–Crippen MR) is 53.6 cm³/mol. The minimum atomic E-state index is -0.718. The van der Waals surface area contributed by atoms with Gasteiger partial charge in [0.05, 0.1) is 12.1 Å². The monoisotopic (exact) mass is 215 g/mol. The molecule has 86 valence electrons. The van der Waals surface area contributed by atoms with Crippen LogP contribution in [0.2, 0.25) is 0 Å². The number of rotatable bonds is 3. The van der Waals surface area contributed by atoms with Gasteiger partial charge in [-0.3, -0.25) is 9.59 Å². The molecule has 1 saturated heterocycles. The van der Waals surface area contributed by atoms with E-state index in [1.165, 1.54) is 4.90 Å². The lowest BCUT2D eigenvalue weighted by molar-refractivity contribution is -0.138. The molecular weight excluding hydrogens is 198 g/mol. The maximum atomic E-state index is 11.7. The van der Waals surface area contributed by atoms with Gasteiger partial charge in [0, 0.05) is 13.0 Å². The number of β-amino-alcohol motifs (C(OH)–C–C–N with tert-alkyl or cyclic N) is 1. The van der Waals surface area contributed by atoms with Crippen LogP contribution in [0.15, 0.2) is 0 Å². The smallest absolute Gasteiger partial charge is 0.240 e. The summed E-state index contributed by atoms with van der Waals surface area (Å²) in [5.74, 6) is -0.916. The van der Waals surface area contributed by atoms with E-state index >= 15 is 0 Å². The van der Waals surface area contributed by atoms with E-state index < -0.39 is 24.1 Å². The molecule has 15 heavy (non-hydrogen) atoms. The van der Waals surface area contributed by atoms with Crippen molar-refractivity contribution >= 4 is 11.8 Å². The number of nitrogens with zero attached hydrogens (tertiary/aromatic N) is 1. The maximum Gasteiger partial charge on any atom is 0.240 e. The summed E-state index contributed by atoms with van der Waals surface area (Å²) >= 11 is 0. The van der Waals surface area contributed by atoms with Crippen molar-refractivity contribution in [3.63, 3.8) is 0 Å². The number of carbonyl (C=O) groups is 2. The highest BCUT2D eigenvalue weighted by molar-refractivity contribution is 5.89. The van der Waals surface area contributed by atoms with E-state index in [0.717, 1.165) is 0 Å². The highest BCUT2D eigenvalue weighted by Gasteiger charge is 2.38. The Morgan fingerprint density at radius 3 is 2.67 bits per heavy atom. The van der Waals surface area contributed by atoms with Crippen LogP contribution in [0.25, 0.3) is 0 Å². The first-order valence-corrected chi connectivity index (χ1v) is 5.00. The Bertz CT molecular complexity index is 269. The Morgan fingerprint density at radius 2 is 2.20 bits per heavy atom. The van der Waals surface area contributed by atoms with Gasteiger partial charge in [0.2, 0.25) is 11.8 Å². The summed E-state index contributed by atoms with van der Waals surface area (Å²) < 4.78 is 0. The lowest BCUT2D eigenvalue weighted by Gasteiger charge is -2.24.